The van der Waals surface area contributed by atoms with E-state index in [1.165, 1.54) is 31.2 Å². The van der Waals surface area contributed by atoms with E-state index >= 15 is 8.42 Å². The summed E-state index contributed by atoms with van der Waals surface area (Å²) in [5, 5.41) is 30.7. The number of nitrogens with zero attached hydrogens (tertiary/aromatic N) is 1. The van der Waals surface area contributed by atoms with Crippen LogP contribution < -0.4 is 16.5 Å². The summed E-state index contributed by atoms with van der Waals surface area (Å²) in [7, 11) is -9.67. The number of carbonyl (C=O) groups is 2. The van der Waals surface area contributed by atoms with Crippen LogP contribution in [0.3, 0.4) is 0 Å². The third kappa shape index (κ3) is 8.98. The van der Waals surface area contributed by atoms with E-state index in [0.29, 0.717) is 11.1 Å². The summed E-state index contributed by atoms with van der Waals surface area (Å²) >= 11 is 0. The van der Waals surface area contributed by atoms with E-state index in [9.17, 15) is 28.2 Å². The van der Waals surface area contributed by atoms with Crippen LogP contribution in [0.2, 0.25) is 0 Å². The fourth-order valence-corrected chi connectivity index (χ4v) is 8.13. The number of benzene rings is 2. The first kappa shape index (κ1) is 40.8. The molecule has 1 saturated heterocycles. The molecule has 1 aliphatic rings. The average Bonchev–Trinajstić information content (AvgIpc) is 3.01. The Morgan fingerprint density at radius 2 is 1.58 bits per heavy atom. The number of nitrogens with one attached hydrogen (secondary N) is 3. The number of aliphatic hydroxyl groups is 1. The Labute approximate surface area is 292 Å². The van der Waals surface area contributed by atoms with Crippen molar-refractivity contribution in [2.24, 2.45) is 5.73 Å². The molecule has 0 aromatic heterocycles. The standard InChI is InChI=1S/C32H47N5O11S2/c1-17(2)21-15-23(18(3)4)27(24(16-21)19(5)6)49(42,43)32(7,47-31(41)37-13-12-35-29(38)26(37)28(33)34)22-10-8-20(9-11-22)14-25(30(39)40)36-48-50(44,45)46/h8-11,15-19,25-26,29,35-36,38H,12-14H2,1-7H3,(H3,33,34)(H,39,40)(H,44,45,46)/t25-,26?,29?,32?/m0/s1. The predicted octanol–water partition coefficient (Wildman–Crippen LogP) is 2.69. The van der Waals surface area contributed by atoms with Gasteiger partial charge in [-0.15, -0.1) is 0 Å². The number of carboxylic acid groups (broad SMARTS) is 1. The topological polar surface area (TPSA) is 259 Å². The molecule has 18 heteroatoms. The normalized spacial score (nSPS) is 19.0. The van der Waals surface area contributed by atoms with Crippen LogP contribution in [-0.2, 0) is 45.4 Å². The van der Waals surface area contributed by atoms with Crippen molar-refractivity contribution in [3.05, 3.63) is 64.2 Å². The van der Waals surface area contributed by atoms with Gasteiger partial charge in [0.15, 0.2) is 0 Å². The smallest absolute Gasteiger partial charge is 0.413 e. The number of aliphatic carboxylic acids is 1. The molecule has 0 aliphatic carbocycles. The number of amides is 1. The molecule has 1 fully saturated rings. The van der Waals surface area contributed by atoms with E-state index in [0.717, 1.165) is 10.5 Å². The summed E-state index contributed by atoms with van der Waals surface area (Å²) in [5.41, 5.74) is 9.72. The van der Waals surface area contributed by atoms with Crippen LogP contribution >= 0.6 is 0 Å². The zero-order chi connectivity index (χ0) is 37.9. The maximum Gasteiger partial charge on any atom is 0.413 e. The summed E-state index contributed by atoms with van der Waals surface area (Å²) in [5.74, 6) is -2.52. The first-order valence-corrected chi connectivity index (χ1v) is 18.8. The number of aliphatic hydroxyl groups excluding tert-OH is 1. The minimum absolute atomic E-state index is 0.00718. The van der Waals surface area contributed by atoms with E-state index in [4.69, 9.17) is 20.4 Å². The van der Waals surface area contributed by atoms with E-state index < -0.39 is 61.4 Å². The maximum absolute atomic E-state index is 15.2. The molecule has 2 aromatic carbocycles. The number of rotatable bonds is 14. The van der Waals surface area contributed by atoms with Gasteiger partial charge in [-0.25, -0.2) is 13.2 Å². The molecule has 0 spiro atoms. The monoisotopic (exact) mass is 741 g/mol. The van der Waals surface area contributed by atoms with Crippen molar-refractivity contribution in [3.63, 3.8) is 0 Å². The minimum Gasteiger partial charge on any atom is -0.480 e. The molecule has 1 heterocycles. The molecule has 0 saturated carbocycles. The number of piperazine rings is 1. The molecule has 3 rings (SSSR count). The Balaban J connectivity index is 2.25. The Morgan fingerprint density at radius 3 is 2.02 bits per heavy atom. The number of amidine groups is 1. The van der Waals surface area contributed by atoms with Crippen molar-refractivity contribution in [1.29, 1.82) is 5.41 Å². The fourth-order valence-electron chi connectivity index (χ4n) is 5.66. The molecule has 0 bridgehead atoms. The molecule has 0 radical (unpaired) electrons. The van der Waals surface area contributed by atoms with Crippen LogP contribution in [0.15, 0.2) is 41.3 Å². The van der Waals surface area contributed by atoms with Crippen molar-refractivity contribution in [3.8, 4) is 0 Å². The number of sulfone groups is 1. The highest BCUT2D eigenvalue weighted by Crippen LogP contribution is 2.44. The Hall–Kier alpha value is -3.65. The molecule has 2 aromatic rings. The van der Waals surface area contributed by atoms with Gasteiger partial charge in [0.05, 0.1) is 4.90 Å². The SMILES string of the molecule is CC(C)c1cc(C(C)C)c(S(=O)(=O)C(C)(OC(=O)N2CCNC(O)C2C(=N)N)c2ccc(C[C@H](NOS(=O)(=O)O)C(=O)O)cc2)c(C(C)C)c1. The summed E-state index contributed by atoms with van der Waals surface area (Å²) < 4.78 is 71.2. The van der Waals surface area contributed by atoms with E-state index in [-0.39, 0.29) is 53.3 Å². The lowest BCUT2D eigenvalue weighted by Crippen LogP contribution is -2.64. The Morgan fingerprint density at radius 1 is 1.04 bits per heavy atom. The van der Waals surface area contributed by atoms with Gasteiger partial charge in [-0.2, -0.15) is 18.2 Å². The highest BCUT2D eigenvalue weighted by atomic mass is 32.3. The van der Waals surface area contributed by atoms with Crippen LogP contribution in [0, 0.1) is 5.41 Å². The molecular formula is C32H47N5O11S2. The molecule has 50 heavy (non-hydrogen) atoms. The summed E-state index contributed by atoms with van der Waals surface area (Å²) in [6.07, 6.45) is -2.94. The molecule has 1 amide bonds. The summed E-state index contributed by atoms with van der Waals surface area (Å²) in [6.45, 7) is 12.7. The molecular weight excluding hydrogens is 695 g/mol. The van der Waals surface area contributed by atoms with Crippen molar-refractivity contribution in [2.75, 3.05) is 13.1 Å². The van der Waals surface area contributed by atoms with Crippen molar-refractivity contribution in [1.82, 2.24) is 15.7 Å². The van der Waals surface area contributed by atoms with Crippen LogP contribution in [-0.4, -0.2) is 85.8 Å². The van der Waals surface area contributed by atoms with Crippen LogP contribution in [0.5, 0.6) is 0 Å². The molecule has 16 nitrogen and oxygen atoms in total. The van der Waals surface area contributed by atoms with Gasteiger partial charge in [0.2, 0.25) is 14.8 Å². The first-order valence-electron chi connectivity index (χ1n) is 15.9. The maximum atomic E-state index is 15.2. The fraction of sp³-hybridized carbons (Fsp3) is 0.531. The highest BCUT2D eigenvalue weighted by Gasteiger charge is 2.50. The number of hydrogen-bond donors (Lipinski definition) is 7. The molecule has 278 valence electrons. The second-order valence-corrected chi connectivity index (χ2v) is 16.4. The molecule has 1 aliphatic heterocycles. The second-order valence-electron chi connectivity index (χ2n) is 13.2. The average molecular weight is 742 g/mol. The van der Waals surface area contributed by atoms with Crippen LogP contribution in [0.1, 0.15) is 94.0 Å². The Kier molecular flexibility index (Phi) is 12.8. The van der Waals surface area contributed by atoms with E-state index in [1.807, 2.05) is 53.7 Å². The lowest BCUT2D eigenvalue weighted by molar-refractivity contribution is -0.141. The zero-order valence-electron chi connectivity index (χ0n) is 29.0. The quantitative estimate of drug-likeness (QED) is 0.0636. The van der Waals surface area contributed by atoms with Crippen molar-refractivity contribution >= 4 is 38.1 Å². The van der Waals surface area contributed by atoms with Gasteiger partial charge in [0, 0.05) is 25.1 Å². The predicted molar refractivity (Wildman–Crippen MR) is 183 cm³/mol. The third-order valence-corrected chi connectivity index (χ3v) is 11.2. The number of hydroxylamine groups is 1. The van der Waals surface area contributed by atoms with Gasteiger partial charge >= 0.3 is 22.5 Å². The summed E-state index contributed by atoms with van der Waals surface area (Å²) in [4.78, 5) is 24.2. The van der Waals surface area contributed by atoms with Gasteiger partial charge in [-0.05, 0) is 46.9 Å². The zero-order valence-corrected chi connectivity index (χ0v) is 30.6. The number of carboxylic acids is 1. The lowest BCUT2D eigenvalue weighted by Gasteiger charge is -2.40. The third-order valence-electron chi connectivity index (χ3n) is 8.55. The highest BCUT2D eigenvalue weighted by molar-refractivity contribution is 7.92. The second kappa shape index (κ2) is 15.7. The Bertz CT molecular complexity index is 1770. The number of ether oxygens (including phenoxy) is 1. The number of nitrogens with two attached hydrogens (primary N) is 1. The van der Waals surface area contributed by atoms with Gasteiger partial charge in [0.1, 0.15) is 24.1 Å². The lowest BCUT2D eigenvalue weighted by atomic mass is 9.89. The minimum atomic E-state index is -5.01. The van der Waals surface area contributed by atoms with Gasteiger partial charge in [-0.1, -0.05) is 77.9 Å². The molecule has 4 atom stereocenters. The first-order chi connectivity index (χ1) is 23.0. The van der Waals surface area contributed by atoms with Crippen LogP contribution in [0.4, 0.5) is 4.79 Å². The molecule has 3 unspecified atom stereocenters. The van der Waals surface area contributed by atoms with E-state index in [2.05, 4.69) is 9.60 Å². The molecule has 8 N–H and O–H groups in total. The van der Waals surface area contributed by atoms with Gasteiger partial charge in [-0.3, -0.25) is 25.0 Å². The van der Waals surface area contributed by atoms with Crippen molar-refractivity contribution < 1.29 is 50.2 Å². The van der Waals surface area contributed by atoms with Crippen molar-refractivity contribution in [2.45, 2.75) is 101 Å². The van der Waals surface area contributed by atoms with Crippen LogP contribution in [0.25, 0.3) is 0 Å². The van der Waals surface area contributed by atoms with Gasteiger partial charge in [0.25, 0.3) is 0 Å². The van der Waals surface area contributed by atoms with E-state index in [1.54, 1.807) is 5.48 Å². The van der Waals surface area contributed by atoms with Gasteiger partial charge < -0.3 is 20.7 Å². The summed E-state index contributed by atoms with van der Waals surface area (Å²) in [6, 6.07) is 6.12. The number of carbonyl (C=O) groups excluding carboxylic acids is 1. The largest absolute Gasteiger partial charge is 0.480 e. The number of hydrogen-bond acceptors (Lipinski definition) is 12.